The van der Waals surface area contributed by atoms with Gasteiger partial charge in [0.25, 0.3) is 0 Å². The van der Waals surface area contributed by atoms with E-state index in [4.69, 9.17) is 15.2 Å². The van der Waals surface area contributed by atoms with Crippen molar-refractivity contribution in [1.29, 1.82) is 0 Å². The molecule has 0 unspecified atom stereocenters. The SMILES string of the molecule is C[C@H]1CC[C@@H](Oc2ccc3c(c2)COC3=O)[C@@H]1N. The molecule has 0 amide bonds. The van der Waals surface area contributed by atoms with Crippen LogP contribution in [-0.4, -0.2) is 18.1 Å². The normalized spacial score (nSPS) is 30.1. The van der Waals surface area contributed by atoms with Gasteiger partial charge < -0.3 is 15.2 Å². The molecule has 0 aromatic heterocycles. The number of hydrogen-bond acceptors (Lipinski definition) is 4. The van der Waals surface area contributed by atoms with E-state index in [1.807, 2.05) is 12.1 Å². The molecule has 0 saturated heterocycles. The molecular formula is C14H17NO3. The van der Waals surface area contributed by atoms with E-state index in [0.717, 1.165) is 24.2 Å². The summed E-state index contributed by atoms with van der Waals surface area (Å²) in [6, 6.07) is 5.57. The van der Waals surface area contributed by atoms with Gasteiger partial charge in [0.05, 0.1) is 5.56 Å². The Kier molecular flexibility index (Phi) is 2.74. The molecule has 1 heterocycles. The monoisotopic (exact) mass is 247 g/mol. The summed E-state index contributed by atoms with van der Waals surface area (Å²) in [6.07, 6.45) is 2.18. The Balaban J connectivity index is 1.76. The van der Waals surface area contributed by atoms with Gasteiger partial charge in [-0.2, -0.15) is 0 Å². The van der Waals surface area contributed by atoms with Gasteiger partial charge in [0.15, 0.2) is 0 Å². The molecule has 2 N–H and O–H groups in total. The standard InChI is InChI=1S/C14H17NO3/c1-8-2-5-12(13(8)15)18-10-3-4-11-9(6-10)7-17-14(11)16/h3-4,6,8,12-13H,2,5,7,15H2,1H3/t8-,12+,13+/m0/s1. The molecule has 3 atom stereocenters. The number of nitrogens with two attached hydrogens (primary N) is 1. The number of ether oxygens (including phenoxy) is 2. The second kappa shape index (κ2) is 4.28. The van der Waals surface area contributed by atoms with Crippen LogP contribution in [0.15, 0.2) is 18.2 Å². The van der Waals surface area contributed by atoms with Gasteiger partial charge in [-0.15, -0.1) is 0 Å². The third-order valence-electron chi connectivity index (χ3n) is 3.94. The van der Waals surface area contributed by atoms with Crippen LogP contribution in [0.5, 0.6) is 5.75 Å². The summed E-state index contributed by atoms with van der Waals surface area (Å²) in [5.41, 5.74) is 7.65. The Labute approximate surface area is 106 Å². The van der Waals surface area contributed by atoms with Crippen molar-refractivity contribution in [2.45, 2.75) is 38.5 Å². The number of cyclic esters (lactones) is 1. The van der Waals surface area contributed by atoms with Crippen molar-refractivity contribution in [2.24, 2.45) is 11.7 Å². The highest BCUT2D eigenvalue weighted by Gasteiger charge is 2.32. The summed E-state index contributed by atoms with van der Waals surface area (Å²) in [7, 11) is 0. The second-order valence-corrected chi connectivity index (χ2v) is 5.18. The summed E-state index contributed by atoms with van der Waals surface area (Å²) in [5, 5.41) is 0. The van der Waals surface area contributed by atoms with Crippen LogP contribution < -0.4 is 10.5 Å². The van der Waals surface area contributed by atoms with Crippen LogP contribution in [-0.2, 0) is 11.3 Å². The minimum Gasteiger partial charge on any atom is -0.489 e. The van der Waals surface area contributed by atoms with E-state index >= 15 is 0 Å². The van der Waals surface area contributed by atoms with Crippen molar-refractivity contribution < 1.29 is 14.3 Å². The summed E-state index contributed by atoms with van der Waals surface area (Å²) in [6.45, 7) is 2.50. The Morgan fingerprint density at radius 1 is 1.39 bits per heavy atom. The minimum atomic E-state index is -0.247. The molecule has 0 bridgehead atoms. The lowest BCUT2D eigenvalue weighted by Crippen LogP contribution is -2.37. The molecular weight excluding hydrogens is 230 g/mol. The lowest BCUT2D eigenvalue weighted by atomic mass is 10.1. The molecule has 1 aromatic rings. The van der Waals surface area contributed by atoms with E-state index in [-0.39, 0.29) is 18.1 Å². The highest BCUT2D eigenvalue weighted by molar-refractivity contribution is 5.93. The highest BCUT2D eigenvalue weighted by Crippen LogP contribution is 2.30. The fraction of sp³-hybridized carbons (Fsp3) is 0.500. The topological polar surface area (TPSA) is 61.5 Å². The van der Waals surface area contributed by atoms with Crippen molar-refractivity contribution in [3.05, 3.63) is 29.3 Å². The van der Waals surface area contributed by atoms with Gasteiger partial charge in [-0.1, -0.05) is 6.92 Å². The number of carbonyl (C=O) groups excluding carboxylic acids is 1. The lowest BCUT2D eigenvalue weighted by Gasteiger charge is -2.20. The fourth-order valence-electron chi connectivity index (χ4n) is 2.67. The molecule has 1 aliphatic carbocycles. The highest BCUT2D eigenvalue weighted by atomic mass is 16.5. The molecule has 4 heteroatoms. The van der Waals surface area contributed by atoms with Gasteiger partial charge >= 0.3 is 5.97 Å². The van der Waals surface area contributed by atoms with Gasteiger partial charge in [0, 0.05) is 11.6 Å². The predicted octanol–water partition coefficient (Wildman–Crippen LogP) is 1.86. The molecule has 4 nitrogen and oxygen atoms in total. The first kappa shape index (κ1) is 11.5. The number of esters is 1. The zero-order chi connectivity index (χ0) is 12.7. The van der Waals surface area contributed by atoms with Crippen molar-refractivity contribution in [3.63, 3.8) is 0 Å². The van der Waals surface area contributed by atoms with Crippen LogP contribution in [0.2, 0.25) is 0 Å². The number of hydrogen-bond donors (Lipinski definition) is 1. The smallest absolute Gasteiger partial charge is 0.338 e. The maximum Gasteiger partial charge on any atom is 0.338 e. The maximum atomic E-state index is 11.3. The number of carbonyl (C=O) groups is 1. The first-order valence-electron chi connectivity index (χ1n) is 6.37. The molecule has 1 fully saturated rings. The summed E-state index contributed by atoms with van der Waals surface area (Å²) in [4.78, 5) is 11.3. The van der Waals surface area contributed by atoms with Gasteiger partial charge in [0.1, 0.15) is 18.5 Å². The molecule has 18 heavy (non-hydrogen) atoms. The van der Waals surface area contributed by atoms with Crippen molar-refractivity contribution in [1.82, 2.24) is 0 Å². The van der Waals surface area contributed by atoms with Gasteiger partial charge in [-0.05, 0) is 37.0 Å². The van der Waals surface area contributed by atoms with Crippen molar-refractivity contribution in [3.8, 4) is 5.75 Å². The first-order valence-corrected chi connectivity index (χ1v) is 6.37. The van der Waals surface area contributed by atoms with E-state index in [0.29, 0.717) is 18.1 Å². The molecule has 1 aromatic carbocycles. The number of benzene rings is 1. The van der Waals surface area contributed by atoms with Gasteiger partial charge in [0.2, 0.25) is 0 Å². The van der Waals surface area contributed by atoms with Crippen molar-refractivity contribution >= 4 is 5.97 Å². The largest absolute Gasteiger partial charge is 0.489 e. The molecule has 96 valence electrons. The van der Waals surface area contributed by atoms with Gasteiger partial charge in [-0.3, -0.25) is 0 Å². The molecule has 1 saturated carbocycles. The molecule has 1 aliphatic heterocycles. The molecule has 0 spiro atoms. The van der Waals surface area contributed by atoms with Crippen LogP contribution in [0.1, 0.15) is 35.7 Å². The van der Waals surface area contributed by atoms with Gasteiger partial charge in [-0.25, -0.2) is 4.79 Å². The molecule has 2 aliphatic rings. The quantitative estimate of drug-likeness (QED) is 0.810. The minimum absolute atomic E-state index is 0.0797. The maximum absolute atomic E-state index is 11.3. The summed E-state index contributed by atoms with van der Waals surface area (Å²) >= 11 is 0. The van der Waals surface area contributed by atoms with Crippen LogP contribution in [0.3, 0.4) is 0 Å². The van der Waals surface area contributed by atoms with Crippen LogP contribution >= 0.6 is 0 Å². The van der Waals surface area contributed by atoms with E-state index in [1.54, 1.807) is 6.07 Å². The van der Waals surface area contributed by atoms with E-state index in [2.05, 4.69) is 6.92 Å². The third-order valence-corrected chi connectivity index (χ3v) is 3.94. The molecule has 3 rings (SSSR count). The number of fused-ring (bicyclic) bond motifs is 1. The van der Waals surface area contributed by atoms with E-state index in [1.165, 1.54) is 0 Å². The first-order chi connectivity index (χ1) is 8.65. The average Bonchev–Trinajstić information content (AvgIpc) is 2.88. The Bertz CT molecular complexity index is 486. The third kappa shape index (κ3) is 1.86. The fourth-order valence-corrected chi connectivity index (χ4v) is 2.67. The number of rotatable bonds is 2. The predicted molar refractivity (Wildman–Crippen MR) is 66.4 cm³/mol. The summed E-state index contributed by atoms with van der Waals surface area (Å²) < 4.78 is 10.9. The molecule has 0 radical (unpaired) electrons. The van der Waals surface area contributed by atoms with Crippen LogP contribution in [0, 0.1) is 5.92 Å². The van der Waals surface area contributed by atoms with E-state index < -0.39 is 0 Å². The average molecular weight is 247 g/mol. The Morgan fingerprint density at radius 3 is 2.94 bits per heavy atom. The van der Waals surface area contributed by atoms with Crippen LogP contribution in [0.4, 0.5) is 0 Å². The zero-order valence-electron chi connectivity index (χ0n) is 10.4. The zero-order valence-corrected chi connectivity index (χ0v) is 10.4. The van der Waals surface area contributed by atoms with Crippen LogP contribution in [0.25, 0.3) is 0 Å². The van der Waals surface area contributed by atoms with E-state index in [9.17, 15) is 4.79 Å². The second-order valence-electron chi connectivity index (χ2n) is 5.18. The Morgan fingerprint density at radius 2 is 2.22 bits per heavy atom. The summed E-state index contributed by atoms with van der Waals surface area (Å²) in [5.74, 6) is 1.04. The lowest BCUT2D eigenvalue weighted by molar-refractivity contribution is 0.0535. The Hall–Kier alpha value is -1.55. The van der Waals surface area contributed by atoms with Crippen molar-refractivity contribution in [2.75, 3.05) is 0 Å².